The van der Waals surface area contributed by atoms with Crippen molar-refractivity contribution in [3.63, 3.8) is 0 Å². The first-order valence-corrected chi connectivity index (χ1v) is 46.9. The van der Waals surface area contributed by atoms with Crippen LogP contribution in [0.5, 0.6) is 0 Å². The minimum atomic E-state index is -2.08. The Morgan fingerprint density at radius 3 is 0.533 bits per heavy atom. The second-order valence-electron chi connectivity index (χ2n) is 29.7. The zero-order valence-electron chi connectivity index (χ0n) is 70.2. The highest BCUT2D eigenvalue weighted by Gasteiger charge is 2.54. The van der Waals surface area contributed by atoms with Crippen LogP contribution in [-0.2, 0) is 32.7 Å². The molecule has 12 aliphatic carbocycles. The zero-order chi connectivity index (χ0) is 78.8. The van der Waals surface area contributed by atoms with E-state index in [1.54, 1.807) is 0 Å². The van der Waals surface area contributed by atoms with Gasteiger partial charge in [-0.1, -0.05) is 253 Å². The molecule has 0 saturated heterocycles. The summed E-state index contributed by atoms with van der Waals surface area (Å²) in [6.45, 7) is 36.8. The Morgan fingerprint density at radius 2 is 0.400 bits per heavy atom. The van der Waals surface area contributed by atoms with E-state index < -0.39 is 19.3 Å². The minimum absolute atomic E-state index is 0.0146. The average Bonchev–Trinajstić information content (AvgIpc) is 0.764. The van der Waals surface area contributed by atoms with Crippen LogP contribution in [0.1, 0.15) is 279 Å². The summed E-state index contributed by atoms with van der Waals surface area (Å²) in [6, 6.07) is 64.0. The van der Waals surface area contributed by atoms with Crippen molar-refractivity contribution < 1.29 is 26.3 Å². The molecule has 105 heavy (non-hydrogen) atoms. The van der Waals surface area contributed by atoms with E-state index in [1.165, 1.54) is 106 Å². The molecule has 12 saturated carbocycles. The molecule has 0 N–H and O–H groups in total. The van der Waals surface area contributed by atoms with E-state index in [2.05, 4.69) is 242 Å². The van der Waals surface area contributed by atoms with Gasteiger partial charge in [0.1, 0.15) is 18.8 Å². The fourth-order valence-corrected chi connectivity index (χ4v) is 23.0. The summed E-state index contributed by atoms with van der Waals surface area (Å²) < 4.78 is 75.3. The average molecular weight is 1520 g/mol. The van der Waals surface area contributed by atoms with Gasteiger partial charge in [-0.2, -0.15) is 0 Å². The SMILES string of the molecule is CC.CC.CC.CC.CC.CC.CCC.CCC.CCC.C[S+](C)c1ccccc1.C[S+](c1ccccc1)c1ccccc1.FC(F)CC12CC3CC(CC(C3)C1)C2.FC(F)CC12CC3CC(CC(C3)C1)C2.FC(F)CC12CC3CC(CC(C3)C1)C2.c1ccc([S+](c2ccccc2)c2ccccc2)cc1. The molecule has 0 heterocycles. The van der Waals surface area contributed by atoms with Gasteiger partial charge in [0.05, 0.1) is 21.8 Å². The van der Waals surface area contributed by atoms with E-state index in [1.807, 2.05) is 83.1 Å². The van der Waals surface area contributed by atoms with Gasteiger partial charge in [0.2, 0.25) is 19.3 Å². The van der Waals surface area contributed by atoms with Crippen LogP contribution in [0.25, 0.3) is 0 Å². The Balaban J connectivity index is 0.000000602. The van der Waals surface area contributed by atoms with Crippen molar-refractivity contribution in [1.29, 1.82) is 0 Å². The molecule has 12 fully saturated rings. The summed E-state index contributed by atoms with van der Waals surface area (Å²) in [5, 5.41) is 0. The fraction of sp³-hybridized carbons (Fsp3) is 0.625. The molecule has 0 unspecified atom stereocenters. The molecule has 6 aromatic rings. The molecule has 0 nitrogen and oxygen atoms in total. The number of halogens is 6. The van der Waals surface area contributed by atoms with Crippen molar-refractivity contribution in [2.45, 2.75) is 327 Å². The van der Waals surface area contributed by atoms with Crippen LogP contribution >= 0.6 is 0 Å². The van der Waals surface area contributed by atoms with Crippen molar-refractivity contribution >= 4 is 32.7 Å². The van der Waals surface area contributed by atoms with E-state index in [0.29, 0.717) is 10.9 Å². The number of rotatable bonds is 12. The minimum Gasteiger partial charge on any atom is -0.211 e. The third-order valence-electron chi connectivity index (χ3n) is 20.6. The van der Waals surface area contributed by atoms with Gasteiger partial charge < -0.3 is 0 Å². The number of alkyl halides is 6. The largest absolute Gasteiger partial charge is 0.239 e. The summed E-state index contributed by atoms with van der Waals surface area (Å²) in [5.74, 6) is 7.25. The Labute approximate surface area is 652 Å². The monoisotopic (exact) mass is 1520 g/mol. The quantitative estimate of drug-likeness (QED) is 0.0846. The normalized spacial score (nSPS) is 25.2. The molecule has 594 valence electrons. The highest BCUT2D eigenvalue weighted by molar-refractivity contribution is 7.97. The number of hydrogen-bond donors (Lipinski definition) is 0. The standard InChI is InChI=1S/C18H15S.C13H13S.3C12H18F2.C8H11S.3C3H8.6C2H6/c1-4-10-16(11-5-1)19(17-12-6-2-7-13-17)18-14-8-3-9-15-18;1-14(12-8-4-2-5-9-12)13-10-6-3-7-11-13;3*13-11(14)7-12-4-8-1-9(5-12)3-10(2-8)6-12;1-9(2)8-6-4-3-5-7-8;3*1-3-2;6*1-2/h1-15H;2-11H,1H3;3*8-11H,1-7H2;3-7H,1-2H3;3*3H2,1-2H3;6*1-2H3/q2*+1;;;;+1;;;;;;;;;. The van der Waals surface area contributed by atoms with E-state index in [4.69, 9.17) is 0 Å². The van der Waals surface area contributed by atoms with Crippen molar-refractivity contribution in [2.24, 2.45) is 69.5 Å². The van der Waals surface area contributed by atoms with Crippen LogP contribution in [0.2, 0.25) is 0 Å². The molecule has 18 rings (SSSR count). The first-order valence-electron chi connectivity index (χ1n) is 42.0. The molecule has 6 aromatic carbocycles. The maximum Gasteiger partial charge on any atom is 0.239 e. The van der Waals surface area contributed by atoms with Crippen molar-refractivity contribution in [3.05, 3.63) is 182 Å². The Hall–Kier alpha value is -4.05. The van der Waals surface area contributed by atoms with Crippen LogP contribution in [0.15, 0.2) is 211 Å². The van der Waals surface area contributed by atoms with Gasteiger partial charge in [-0.05, 0) is 258 Å². The molecule has 12 aliphatic rings. The van der Waals surface area contributed by atoms with Crippen LogP contribution < -0.4 is 0 Å². The summed E-state index contributed by atoms with van der Waals surface area (Å²) in [6.07, 6.45) is 27.0. The van der Waals surface area contributed by atoms with E-state index in [-0.39, 0.29) is 57.3 Å². The predicted molar refractivity (Wildman–Crippen MR) is 458 cm³/mol. The first kappa shape index (κ1) is 99.0. The maximum atomic E-state index is 12.5. The summed E-state index contributed by atoms with van der Waals surface area (Å²) >= 11 is 0. The van der Waals surface area contributed by atoms with Crippen LogP contribution in [0, 0.1) is 69.5 Å². The molecular formula is C96H153F6S3+3. The van der Waals surface area contributed by atoms with Gasteiger partial charge in [-0.25, -0.2) is 26.3 Å². The Kier molecular flexibility index (Phi) is 53.8. The molecule has 9 heteroatoms. The lowest BCUT2D eigenvalue weighted by atomic mass is 9.49. The second-order valence-corrected chi connectivity index (χ2v) is 35.8. The van der Waals surface area contributed by atoms with Gasteiger partial charge in [0, 0.05) is 30.2 Å². The van der Waals surface area contributed by atoms with Crippen LogP contribution in [0.3, 0.4) is 0 Å². The highest BCUT2D eigenvalue weighted by Crippen LogP contribution is 2.64. The van der Waals surface area contributed by atoms with Gasteiger partial charge in [0.25, 0.3) is 0 Å². The van der Waals surface area contributed by atoms with Crippen molar-refractivity contribution in [3.8, 4) is 0 Å². The Bertz CT molecular complexity index is 2530. The van der Waals surface area contributed by atoms with Gasteiger partial charge in [-0.15, -0.1) is 0 Å². The predicted octanol–water partition coefficient (Wildman–Crippen LogP) is 32.0. The number of hydrogen-bond acceptors (Lipinski definition) is 0. The molecule has 0 spiro atoms. The molecular weight excluding hydrogens is 1360 g/mol. The fourth-order valence-electron chi connectivity index (χ4n) is 18.8. The van der Waals surface area contributed by atoms with Crippen molar-refractivity contribution in [2.75, 3.05) is 18.8 Å². The summed E-state index contributed by atoms with van der Waals surface area (Å²) in [4.78, 5) is 8.33. The lowest BCUT2D eigenvalue weighted by molar-refractivity contribution is -0.0817. The van der Waals surface area contributed by atoms with E-state index in [0.717, 1.165) is 111 Å². The molecule has 0 radical (unpaired) electrons. The second kappa shape index (κ2) is 57.1. The van der Waals surface area contributed by atoms with Crippen LogP contribution in [0.4, 0.5) is 26.3 Å². The smallest absolute Gasteiger partial charge is 0.211 e. The topological polar surface area (TPSA) is 0 Å². The molecule has 0 aliphatic heterocycles. The van der Waals surface area contributed by atoms with E-state index in [9.17, 15) is 26.3 Å². The van der Waals surface area contributed by atoms with Gasteiger partial charge in [-0.3, -0.25) is 0 Å². The summed E-state index contributed by atoms with van der Waals surface area (Å²) in [7, 11) is 0.610. The van der Waals surface area contributed by atoms with Crippen molar-refractivity contribution in [1.82, 2.24) is 0 Å². The third kappa shape index (κ3) is 35.7. The highest BCUT2D eigenvalue weighted by atomic mass is 32.2. The maximum absolute atomic E-state index is 12.5. The lowest BCUT2D eigenvalue weighted by Crippen LogP contribution is -2.46. The van der Waals surface area contributed by atoms with Gasteiger partial charge >= 0.3 is 0 Å². The Morgan fingerprint density at radius 1 is 0.257 bits per heavy atom. The summed E-state index contributed by atoms with van der Waals surface area (Å²) in [5.41, 5.74) is 0.217. The molecule has 0 atom stereocenters. The molecule has 12 bridgehead atoms. The van der Waals surface area contributed by atoms with E-state index >= 15 is 0 Å². The van der Waals surface area contributed by atoms with Crippen LogP contribution in [-0.4, -0.2) is 38.0 Å². The third-order valence-corrected chi connectivity index (χ3v) is 26.0. The first-order chi connectivity index (χ1) is 50.8. The van der Waals surface area contributed by atoms with Gasteiger partial charge in [0.15, 0.2) is 29.4 Å². The number of benzene rings is 6. The zero-order valence-corrected chi connectivity index (χ0v) is 72.7. The molecule has 0 amide bonds. The lowest BCUT2D eigenvalue weighted by Gasteiger charge is -2.57. The molecule has 0 aromatic heterocycles.